The van der Waals surface area contributed by atoms with Crippen molar-refractivity contribution in [3.63, 3.8) is 0 Å². The molecule has 46 heavy (non-hydrogen) atoms. The van der Waals surface area contributed by atoms with Crippen LogP contribution in [0.5, 0.6) is 0 Å². The topological polar surface area (TPSA) is 322 Å². The molecule has 0 aromatic rings. The van der Waals surface area contributed by atoms with Crippen molar-refractivity contribution in [3.05, 3.63) is 0 Å². The minimum Gasteiger partial charge on any atom is -0.480 e. The highest BCUT2D eigenvalue weighted by Crippen LogP contribution is 2.09. The number of aliphatic imine (C=N–C) groups is 1. The van der Waals surface area contributed by atoms with Gasteiger partial charge in [0, 0.05) is 6.54 Å². The van der Waals surface area contributed by atoms with Gasteiger partial charge in [0.25, 0.3) is 0 Å². The number of nitrogens with zero attached hydrogens (tertiary/aromatic N) is 1. The van der Waals surface area contributed by atoms with Gasteiger partial charge in [0.15, 0.2) is 5.96 Å². The summed E-state index contributed by atoms with van der Waals surface area (Å²) in [7, 11) is 0. The molecule has 0 saturated carbocycles. The van der Waals surface area contributed by atoms with Crippen LogP contribution in [0.1, 0.15) is 84.5 Å². The number of nitrogens with two attached hydrogens (primary N) is 6. The smallest absolute Gasteiger partial charge is 0.326 e. The minimum absolute atomic E-state index is 0.0946. The largest absolute Gasteiger partial charge is 0.480 e. The number of carboxylic acids is 1. The van der Waals surface area contributed by atoms with E-state index in [0.717, 1.165) is 0 Å². The summed E-state index contributed by atoms with van der Waals surface area (Å²) >= 11 is 0. The lowest BCUT2D eigenvalue weighted by molar-refractivity contribution is -0.143. The molecule has 0 aliphatic carbocycles. The maximum Gasteiger partial charge on any atom is 0.326 e. The van der Waals surface area contributed by atoms with Crippen LogP contribution >= 0.6 is 0 Å². The van der Waals surface area contributed by atoms with Crippen LogP contribution in [0.4, 0.5) is 0 Å². The Morgan fingerprint density at radius 1 is 0.609 bits per heavy atom. The molecule has 0 aromatic carbocycles. The maximum atomic E-state index is 13.6. The molecule has 17 nitrogen and oxygen atoms in total. The molecule has 0 unspecified atom stereocenters. The highest BCUT2D eigenvalue weighted by Gasteiger charge is 2.32. The SMILES string of the molecule is CC(C)[C@H](NC(=O)[C@H](CCCCN)NC(=O)[C@H](CCCN=C(N)N)NC(=O)[C@H](CCCCN)NC(=O)[C@@H](N)CCCCN)C(=O)O. The molecule has 5 atom stereocenters. The standard InChI is InChI=1S/C29H59N11O6/c1-18(2)23(28(45)46)40-27(44)21(12-5-8-16-32)38-26(43)22(13-9-17-36-29(34)35)39-25(42)20(11-4-7-15-31)37-24(41)19(33)10-3-6-14-30/h18-23H,3-17,30-33H2,1-2H3,(H,37,41)(H,38,43)(H,39,42)(H,40,44)(H,45,46)(H4,34,35,36)/t19-,20-,21-,22-,23-/m0/s1. The summed E-state index contributed by atoms with van der Waals surface area (Å²) in [5, 5.41) is 20.1. The summed E-state index contributed by atoms with van der Waals surface area (Å²) in [6, 6.07) is -5.25. The van der Waals surface area contributed by atoms with Crippen LogP contribution in [0.2, 0.25) is 0 Å². The van der Waals surface area contributed by atoms with E-state index in [-0.39, 0.29) is 31.8 Å². The lowest BCUT2D eigenvalue weighted by Crippen LogP contribution is -2.58. The Kier molecular flexibility index (Phi) is 22.8. The van der Waals surface area contributed by atoms with Gasteiger partial charge in [-0.2, -0.15) is 0 Å². The molecule has 4 amide bonds. The second-order valence-electron chi connectivity index (χ2n) is 11.7. The Bertz CT molecular complexity index is 962. The number of carbonyl (C=O) groups is 5. The lowest BCUT2D eigenvalue weighted by atomic mass is 10.0. The molecule has 0 bridgehead atoms. The summed E-state index contributed by atoms with van der Waals surface area (Å²) in [5.74, 6) is -4.22. The van der Waals surface area contributed by atoms with E-state index in [1.54, 1.807) is 13.8 Å². The van der Waals surface area contributed by atoms with E-state index in [1.807, 2.05) is 0 Å². The van der Waals surface area contributed by atoms with E-state index < -0.39 is 65.7 Å². The molecule has 0 heterocycles. The summed E-state index contributed by atoms with van der Waals surface area (Å²) in [4.78, 5) is 68.7. The first-order chi connectivity index (χ1) is 21.8. The molecule has 0 saturated heterocycles. The van der Waals surface area contributed by atoms with Crippen LogP contribution in [-0.2, 0) is 24.0 Å². The maximum absolute atomic E-state index is 13.6. The van der Waals surface area contributed by atoms with Crippen molar-refractivity contribution in [1.82, 2.24) is 21.3 Å². The van der Waals surface area contributed by atoms with Gasteiger partial charge in [-0.1, -0.05) is 20.3 Å². The molecule has 0 aliphatic heterocycles. The number of aliphatic carboxylic acids is 1. The number of unbranched alkanes of at least 4 members (excludes halogenated alkanes) is 3. The Balaban J connectivity index is 6.03. The monoisotopic (exact) mass is 657 g/mol. The van der Waals surface area contributed by atoms with Crippen molar-refractivity contribution in [1.29, 1.82) is 0 Å². The van der Waals surface area contributed by atoms with Crippen molar-refractivity contribution in [2.24, 2.45) is 45.3 Å². The van der Waals surface area contributed by atoms with E-state index in [4.69, 9.17) is 34.4 Å². The van der Waals surface area contributed by atoms with Gasteiger partial charge >= 0.3 is 5.97 Å². The normalized spacial score (nSPS) is 14.3. The molecule has 266 valence electrons. The Morgan fingerprint density at radius 2 is 1.00 bits per heavy atom. The zero-order chi connectivity index (χ0) is 35.1. The molecule has 17 heteroatoms. The molecule has 0 radical (unpaired) electrons. The quantitative estimate of drug-likeness (QED) is 0.0260. The highest BCUT2D eigenvalue weighted by atomic mass is 16.4. The molecule has 0 spiro atoms. The van der Waals surface area contributed by atoms with Crippen molar-refractivity contribution < 1.29 is 29.1 Å². The molecular formula is C29H59N11O6. The van der Waals surface area contributed by atoms with Gasteiger partial charge in [0.2, 0.25) is 23.6 Å². The molecule has 0 rings (SSSR count). The van der Waals surface area contributed by atoms with E-state index in [9.17, 15) is 29.1 Å². The number of carboxylic acid groups (broad SMARTS) is 1. The van der Waals surface area contributed by atoms with E-state index in [2.05, 4.69) is 26.3 Å². The zero-order valence-corrected chi connectivity index (χ0v) is 27.5. The lowest BCUT2D eigenvalue weighted by Gasteiger charge is -2.27. The second kappa shape index (κ2) is 24.7. The van der Waals surface area contributed by atoms with Gasteiger partial charge in [-0.3, -0.25) is 24.2 Å². The van der Waals surface area contributed by atoms with E-state index in [0.29, 0.717) is 71.0 Å². The van der Waals surface area contributed by atoms with Crippen molar-refractivity contribution in [3.8, 4) is 0 Å². The zero-order valence-electron chi connectivity index (χ0n) is 27.5. The number of rotatable bonds is 26. The van der Waals surface area contributed by atoms with Crippen LogP contribution in [0, 0.1) is 5.92 Å². The Hall–Kier alpha value is -3.54. The van der Waals surface area contributed by atoms with Gasteiger partial charge in [-0.15, -0.1) is 0 Å². The predicted molar refractivity (Wildman–Crippen MR) is 177 cm³/mol. The molecule has 17 N–H and O–H groups in total. The van der Waals surface area contributed by atoms with Gasteiger partial charge in [-0.25, -0.2) is 4.79 Å². The third-order valence-electron chi connectivity index (χ3n) is 7.27. The Labute approximate surface area is 272 Å². The fourth-order valence-corrected chi connectivity index (χ4v) is 4.53. The average Bonchev–Trinajstić information content (AvgIpc) is 2.99. The summed E-state index contributed by atoms with van der Waals surface area (Å²) in [6.07, 6.45) is 4.78. The van der Waals surface area contributed by atoms with E-state index >= 15 is 0 Å². The van der Waals surface area contributed by atoms with Crippen LogP contribution in [-0.4, -0.2) is 97.1 Å². The molecule has 0 fully saturated rings. The van der Waals surface area contributed by atoms with Gasteiger partial charge in [0.05, 0.1) is 6.04 Å². The van der Waals surface area contributed by atoms with Gasteiger partial charge < -0.3 is 60.8 Å². The van der Waals surface area contributed by atoms with Crippen molar-refractivity contribution >= 4 is 35.6 Å². The summed E-state index contributed by atoms with van der Waals surface area (Å²) in [5.41, 5.74) is 33.6. The molecule has 0 aliphatic rings. The predicted octanol–water partition coefficient (Wildman–Crippen LogP) is -2.57. The van der Waals surface area contributed by atoms with Crippen LogP contribution in [0.15, 0.2) is 4.99 Å². The first-order valence-electron chi connectivity index (χ1n) is 16.1. The number of amides is 4. The molecule has 0 aromatic heterocycles. The summed E-state index contributed by atoms with van der Waals surface area (Å²) in [6.45, 7) is 4.70. The first-order valence-corrected chi connectivity index (χ1v) is 16.1. The molecular weight excluding hydrogens is 598 g/mol. The number of nitrogens with one attached hydrogen (secondary N) is 4. The van der Waals surface area contributed by atoms with Crippen LogP contribution < -0.4 is 55.7 Å². The van der Waals surface area contributed by atoms with Crippen LogP contribution in [0.3, 0.4) is 0 Å². The highest BCUT2D eigenvalue weighted by molar-refractivity contribution is 5.95. The number of hydrogen-bond donors (Lipinski definition) is 11. The van der Waals surface area contributed by atoms with E-state index in [1.165, 1.54) is 0 Å². The van der Waals surface area contributed by atoms with Gasteiger partial charge in [0.1, 0.15) is 24.2 Å². The van der Waals surface area contributed by atoms with Gasteiger partial charge in [-0.05, 0) is 89.8 Å². The number of carbonyl (C=O) groups excluding carboxylic acids is 4. The minimum atomic E-state index is -1.21. The fourth-order valence-electron chi connectivity index (χ4n) is 4.53. The number of hydrogen-bond acceptors (Lipinski definition) is 10. The summed E-state index contributed by atoms with van der Waals surface area (Å²) < 4.78 is 0. The first kappa shape index (κ1) is 42.5. The number of guanidine groups is 1. The Morgan fingerprint density at radius 3 is 1.39 bits per heavy atom. The average molecular weight is 658 g/mol. The third kappa shape index (κ3) is 18.4. The second-order valence-corrected chi connectivity index (χ2v) is 11.7. The fraction of sp³-hybridized carbons (Fsp3) is 0.793. The van der Waals surface area contributed by atoms with Crippen molar-refractivity contribution in [2.45, 2.75) is 115 Å². The van der Waals surface area contributed by atoms with Crippen LogP contribution in [0.25, 0.3) is 0 Å². The third-order valence-corrected chi connectivity index (χ3v) is 7.27. The van der Waals surface area contributed by atoms with Crippen molar-refractivity contribution in [2.75, 3.05) is 26.2 Å².